The summed E-state index contributed by atoms with van der Waals surface area (Å²) in [7, 11) is 1.41. The Labute approximate surface area is 201 Å². The molecule has 4 heterocycles. The van der Waals surface area contributed by atoms with E-state index < -0.39 is 11.6 Å². The highest BCUT2D eigenvalue weighted by Gasteiger charge is 2.44. The number of nitriles is 1. The molecule has 0 aliphatic carbocycles. The predicted octanol–water partition coefficient (Wildman–Crippen LogP) is 4.88. The van der Waals surface area contributed by atoms with Gasteiger partial charge in [0.05, 0.1) is 47.7 Å². The number of nitrogens with two attached hydrogens (primary N) is 1. The van der Waals surface area contributed by atoms with Crippen LogP contribution in [-0.2, 0) is 4.74 Å². The summed E-state index contributed by atoms with van der Waals surface area (Å²) in [5.74, 6) is -0.736. The van der Waals surface area contributed by atoms with Crippen molar-refractivity contribution in [3.63, 3.8) is 0 Å². The normalized spacial score (nSPS) is 19.3. The molecule has 2 aliphatic heterocycles. The highest BCUT2D eigenvalue weighted by atomic mass is 35.5. The van der Waals surface area contributed by atoms with Crippen molar-refractivity contribution >= 4 is 54.7 Å². The molecule has 2 atom stereocenters. The first-order valence-corrected chi connectivity index (χ1v) is 11.6. The van der Waals surface area contributed by atoms with Gasteiger partial charge in [0.25, 0.3) is 0 Å². The quantitative estimate of drug-likeness (QED) is 0.429. The third-order valence-corrected chi connectivity index (χ3v) is 7.75. The molecule has 4 aromatic rings. The summed E-state index contributed by atoms with van der Waals surface area (Å²) in [6.45, 7) is 1.12. The van der Waals surface area contributed by atoms with E-state index in [0.717, 1.165) is 17.8 Å². The van der Waals surface area contributed by atoms with Crippen LogP contribution in [0.15, 0.2) is 18.2 Å². The van der Waals surface area contributed by atoms with Crippen LogP contribution in [0.25, 0.3) is 32.1 Å². The largest absolute Gasteiger partial charge is 0.467 e. The van der Waals surface area contributed by atoms with Crippen LogP contribution in [0.3, 0.4) is 0 Å². The van der Waals surface area contributed by atoms with Gasteiger partial charge >= 0.3 is 6.01 Å². The number of fused-ring (bicyclic) bond motifs is 4. The van der Waals surface area contributed by atoms with Gasteiger partial charge in [0, 0.05) is 16.3 Å². The minimum atomic E-state index is -0.715. The van der Waals surface area contributed by atoms with Crippen molar-refractivity contribution in [3.05, 3.63) is 40.4 Å². The number of nitrogens with zero attached hydrogens (tertiary/aromatic N) is 4. The van der Waals surface area contributed by atoms with Gasteiger partial charge < -0.3 is 20.1 Å². The zero-order chi connectivity index (χ0) is 23.7. The lowest BCUT2D eigenvalue weighted by Crippen LogP contribution is -2.64. The number of hydrogen-bond donors (Lipinski definition) is 1. The Bertz CT molecular complexity index is 1540. The summed E-state index contributed by atoms with van der Waals surface area (Å²) in [6, 6.07) is 6.50. The second-order valence-electron chi connectivity index (χ2n) is 8.22. The lowest BCUT2D eigenvalue weighted by atomic mass is 9.90. The molecule has 7 nitrogen and oxygen atoms in total. The summed E-state index contributed by atoms with van der Waals surface area (Å²) in [4.78, 5) is 10.9. The summed E-state index contributed by atoms with van der Waals surface area (Å²) in [5.41, 5.74) is 6.33. The van der Waals surface area contributed by atoms with E-state index in [-0.39, 0.29) is 60.4 Å². The molecule has 2 N–H and O–H groups in total. The molecule has 2 aromatic heterocycles. The number of halogens is 3. The monoisotopic (exact) mass is 499 g/mol. The zero-order valence-electron chi connectivity index (χ0n) is 17.7. The maximum atomic E-state index is 16.2. The number of anilines is 2. The fraction of sp³-hybridized carbons (Fsp3) is 0.261. The molecule has 0 saturated carbocycles. The molecule has 2 unspecified atom stereocenters. The molecule has 2 aromatic carbocycles. The van der Waals surface area contributed by atoms with Crippen LogP contribution >= 0.6 is 22.9 Å². The zero-order valence-corrected chi connectivity index (χ0v) is 19.3. The third-order valence-electron chi connectivity index (χ3n) is 6.42. The number of aromatic nitrogens is 2. The van der Waals surface area contributed by atoms with Crippen molar-refractivity contribution in [2.45, 2.75) is 18.5 Å². The van der Waals surface area contributed by atoms with E-state index in [0.29, 0.717) is 24.4 Å². The van der Waals surface area contributed by atoms with Gasteiger partial charge in [-0.15, -0.1) is 11.3 Å². The van der Waals surface area contributed by atoms with Gasteiger partial charge in [-0.25, -0.2) is 8.78 Å². The van der Waals surface area contributed by atoms with Gasteiger partial charge in [-0.1, -0.05) is 17.7 Å². The molecule has 2 saturated heterocycles. The number of rotatable bonds is 3. The summed E-state index contributed by atoms with van der Waals surface area (Å²) < 4.78 is 41.7. The van der Waals surface area contributed by atoms with Gasteiger partial charge in [-0.2, -0.15) is 15.2 Å². The van der Waals surface area contributed by atoms with E-state index >= 15 is 4.39 Å². The molecule has 172 valence electrons. The van der Waals surface area contributed by atoms with E-state index in [1.807, 2.05) is 6.07 Å². The van der Waals surface area contributed by atoms with Gasteiger partial charge in [-0.3, -0.25) is 0 Å². The lowest BCUT2D eigenvalue weighted by molar-refractivity contribution is 0.00984. The van der Waals surface area contributed by atoms with Crippen molar-refractivity contribution in [1.29, 1.82) is 5.26 Å². The molecule has 6 rings (SSSR count). The molecular formula is C23H16ClF2N5O2S. The Balaban J connectivity index is 1.65. The van der Waals surface area contributed by atoms with Crippen molar-refractivity contribution in [1.82, 2.24) is 9.97 Å². The first-order valence-electron chi connectivity index (χ1n) is 10.4. The minimum absolute atomic E-state index is 0.00677. The number of methoxy groups -OCH3 is 1. The van der Waals surface area contributed by atoms with Crippen molar-refractivity contribution in [2.24, 2.45) is 0 Å². The van der Waals surface area contributed by atoms with Gasteiger partial charge in [-0.05, 0) is 24.1 Å². The number of hydrogen-bond acceptors (Lipinski definition) is 8. The van der Waals surface area contributed by atoms with Crippen LogP contribution in [0.4, 0.5) is 19.6 Å². The van der Waals surface area contributed by atoms with Gasteiger partial charge in [0.15, 0.2) is 5.82 Å². The molecule has 2 aliphatic rings. The van der Waals surface area contributed by atoms with Crippen LogP contribution in [-0.4, -0.2) is 42.4 Å². The number of nitrogen functional groups attached to an aromatic ring is 1. The highest BCUT2D eigenvalue weighted by Crippen LogP contribution is 2.46. The Morgan fingerprint density at radius 3 is 2.74 bits per heavy atom. The molecule has 11 heteroatoms. The molecule has 0 radical (unpaired) electrons. The van der Waals surface area contributed by atoms with Gasteiger partial charge in [0.2, 0.25) is 0 Å². The fourth-order valence-corrected chi connectivity index (χ4v) is 6.13. The number of thiophene rings is 1. The van der Waals surface area contributed by atoms with E-state index in [9.17, 15) is 9.65 Å². The second kappa shape index (κ2) is 7.63. The Hall–Kier alpha value is -3.26. The van der Waals surface area contributed by atoms with E-state index in [2.05, 4.69) is 14.9 Å². The fourth-order valence-electron chi connectivity index (χ4n) is 4.89. The average molecular weight is 500 g/mol. The first kappa shape index (κ1) is 21.3. The minimum Gasteiger partial charge on any atom is -0.467 e. The lowest BCUT2D eigenvalue weighted by Gasteiger charge is -2.53. The number of benzene rings is 2. The topological polar surface area (TPSA) is 97.3 Å². The van der Waals surface area contributed by atoms with Crippen LogP contribution < -0.4 is 15.4 Å². The molecule has 0 amide bonds. The Morgan fingerprint density at radius 1 is 1.29 bits per heavy atom. The van der Waals surface area contributed by atoms with E-state index in [4.69, 9.17) is 26.8 Å². The SMILES string of the molecule is COc1nc(N2C3COCC2C3)c2cc(Cl)c(-c3ccc(F)c4sc(N)c(C#N)c34)c(F)c2n1. The maximum absolute atomic E-state index is 16.2. The Morgan fingerprint density at radius 2 is 2.06 bits per heavy atom. The Kier molecular flexibility index (Phi) is 4.78. The molecule has 0 spiro atoms. The summed E-state index contributed by atoms with van der Waals surface area (Å²) in [5, 5.41) is 10.5. The van der Waals surface area contributed by atoms with Crippen molar-refractivity contribution < 1.29 is 18.3 Å². The second-order valence-corrected chi connectivity index (χ2v) is 9.68. The number of ether oxygens (including phenoxy) is 2. The highest BCUT2D eigenvalue weighted by molar-refractivity contribution is 7.23. The standard InChI is InChI=1S/C23H16ClF2N5O2S/c1-32-23-29-19-12(22(30-23)31-9-4-10(31)8-33-7-9)5-14(24)17(18(19)26)11-2-3-15(25)20-16(11)13(6-27)21(28)34-20/h2-3,5,9-10H,4,7-8,28H2,1H3. The van der Waals surface area contributed by atoms with Crippen LogP contribution in [0.1, 0.15) is 12.0 Å². The van der Waals surface area contributed by atoms with Crippen molar-refractivity contribution in [3.8, 4) is 23.2 Å². The van der Waals surface area contributed by atoms with Crippen molar-refractivity contribution in [2.75, 3.05) is 31.0 Å². The third kappa shape index (κ3) is 2.87. The van der Waals surface area contributed by atoms with Crippen LogP contribution in [0.2, 0.25) is 5.02 Å². The van der Waals surface area contributed by atoms with Crippen LogP contribution in [0, 0.1) is 23.0 Å². The molecule has 2 bridgehead atoms. The van der Waals surface area contributed by atoms with Gasteiger partial charge in [0.1, 0.15) is 28.2 Å². The average Bonchev–Trinajstić information content (AvgIpc) is 3.18. The summed E-state index contributed by atoms with van der Waals surface area (Å²) in [6.07, 6.45) is 0.964. The number of morpholine rings is 1. The van der Waals surface area contributed by atoms with E-state index in [1.54, 1.807) is 6.07 Å². The predicted molar refractivity (Wildman–Crippen MR) is 126 cm³/mol. The molecular weight excluding hydrogens is 484 g/mol. The summed E-state index contributed by atoms with van der Waals surface area (Å²) >= 11 is 7.58. The maximum Gasteiger partial charge on any atom is 0.318 e. The molecule has 34 heavy (non-hydrogen) atoms. The smallest absolute Gasteiger partial charge is 0.318 e. The first-order chi connectivity index (χ1) is 16.4. The van der Waals surface area contributed by atoms with E-state index in [1.165, 1.54) is 19.2 Å². The molecule has 2 fully saturated rings. The van der Waals surface area contributed by atoms with Crippen LogP contribution in [0.5, 0.6) is 6.01 Å².